The molecule has 4 saturated heterocycles. The zero-order chi connectivity index (χ0) is 22.5. The Labute approximate surface area is 188 Å². The molecule has 4 aliphatic heterocycles. The maximum absolute atomic E-state index is 13.3. The summed E-state index contributed by atoms with van der Waals surface area (Å²) in [4.78, 5) is 56.9. The molecule has 0 unspecified atom stereocenters. The van der Waals surface area contributed by atoms with Crippen LogP contribution in [0.3, 0.4) is 0 Å². The topological polar surface area (TPSA) is 128 Å². The molecule has 0 radical (unpaired) electrons. The summed E-state index contributed by atoms with van der Waals surface area (Å²) in [5.74, 6) is -0.649. The normalized spacial score (nSPS) is 27.6. The second-order valence-corrected chi connectivity index (χ2v) is 9.01. The van der Waals surface area contributed by atoms with Gasteiger partial charge in [-0.2, -0.15) is 0 Å². The number of piperidine rings is 2. The van der Waals surface area contributed by atoms with Crippen LogP contribution in [0.1, 0.15) is 25.7 Å². The van der Waals surface area contributed by atoms with Gasteiger partial charge in [0.05, 0.1) is 32.8 Å². The minimum absolute atomic E-state index is 0.00943. The fourth-order valence-corrected chi connectivity index (χ4v) is 4.99. The van der Waals surface area contributed by atoms with Gasteiger partial charge in [0.2, 0.25) is 17.7 Å². The van der Waals surface area contributed by atoms with Gasteiger partial charge < -0.3 is 35.4 Å². The van der Waals surface area contributed by atoms with E-state index >= 15 is 0 Å². The van der Waals surface area contributed by atoms with Crippen LogP contribution < -0.4 is 16.0 Å². The van der Waals surface area contributed by atoms with Gasteiger partial charge in [0.25, 0.3) is 0 Å². The summed E-state index contributed by atoms with van der Waals surface area (Å²) >= 11 is 0. The molecular formula is C21H35N6O5+. The summed E-state index contributed by atoms with van der Waals surface area (Å²) < 4.78 is 5.34. The lowest BCUT2D eigenvalue weighted by Gasteiger charge is -2.44. The first-order valence-electron chi connectivity index (χ1n) is 11.9. The first-order valence-corrected chi connectivity index (χ1v) is 11.9. The van der Waals surface area contributed by atoms with Crippen molar-refractivity contribution in [1.82, 2.24) is 25.3 Å². The molecule has 32 heavy (non-hydrogen) atoms. The lowest BCUT2D eigenvalue weighted by Crippen LogP contribution is -2.86. The van der Waals surface area contributed by atoms with Crippen molar-refractivity contribution in [3.63, 3.8) is 0 Å². The van der Waals surface area contributed by atoms with E-state index in [1.54, 1.807) is 14.7 Å². The van der Waals surface area contributed by atoms with Crippen LogP contribution in [0.5, 0.6) is 0 Å². The van der Waals surface area contributed by atoms with E-state index in [2.05, 4.69) is 16.0 Å². The summed E-state index contributed by atoms with van der Waals surface area (Å²) in [5, 5.41) is 7.82. The average Bonchev–Trinajstić information content (AvgIpc) is 2.85. The maximum Gasteiger partial charge on any atom is 0.320 e. The quantitative estimate of drug-likeness (QED) is 0.431. The lowest BCUT2D eigenvalue weighted by atomic mass is 9.95. The van der Waals surface area contributed by atoms with E-state index in [0.29, 0.717) is 52.4 Å². The number of amides is 5. The van der Waals surface area contributed by atoms with E-state index < -0.39 is 12.1 Å². The number of nitrogens with two attached hydrogens (primary N) is 1. The molecule has 11 heteroatoms. The number of rotatable bonds is 3. The Morgan fingerprint density at radius 1 is 1.00 bits per heavy atom. The number of carbonyl (C=O) groups excluding carboxylic acids is 4. The molecule has 0 aromatic heterocycles. The molecule has 0 bridgehead atoms. The van der Waals surface area contributed by atoms with E-state index in [1.807, 2.05) is 0 Å². The highest BCUT2D eigenvalue weighted by Gasteiger charge is 2.41. The Kier molecular flexibility index (Phi) is 7.46. The van der Waals surface area contributed by atoms with Crippen molar-refractivity contribution in [2.75, 3.05) is 65.6 Å². The predicted molar refractivity (Wildman–Crippen MR) is 113 cm³/mol. The van der Waals surface area contributed by atoms with Crippen molar-refractivity contribution in [2.24, 2.45) is 5.92 Å². The average molecular weight is 452 g/mol. The monoisotopic (exact) mass is 451 g/mol. The second-order valence-electron chi connectivity index (χ2n) is 9.01. The molecule has 4 rings (SSSR count). The van der Waals surface area contributed by atoms with Crippen molar-refractivity contribution in [1.29, 1.82) is 0 Å². The molecule has 4 aliphatic rings. The zero-order valence-electron chi connectivity index (χ0n) is 18.6. The standard InChI is InChI=1S/C21H34N6O5/c28-18-16(2-1-5-23-18)24-19(29)17-14-26(21(31)25-10-12-32-13-11-25)8-9-27(17)20(30)15-3-6-22-7-4-15/h15-17,22H,1-14H2,(H,23,28)(H,24,29)/p+1/t16-,17+/m0/s1. The van der Waals surface area contributed by atoms with Gasteiger partial charge in [0.15, 0.2) is 0 Å². The van der Waals surface area contributed by atoms with Crippen LogP contribution in [0.15, 0.2) is 0 Å². The SMILES string of the molecule is O=C1NCCC[C@@H]1NC(=O)[C@H]1CN(C(=O)N2CCOCC2)CCN1C(=O)C1CC[NH2+]CC1. The number of piperazine rings is 1. The van der Waals surface area contributed by atoms with E-state index in [-0.39, 0.29) is 36.2 Å². The van der Waals surface area contributed by atoms with Gasteiger partial charge in [0, 0.05) is 51.5 Å². The van der Waals surface area contributed by atoms with Crippen molar-refractivity contribution in [3.8, 4) is 0 Å². The molecule has 5 amide bonds. The van der Waals surface area contributed by atoms with Gasteiger partial charge in [-0.25, -0.2) is 4.79 Å². The van der Waals surface area contributed by atoms with Crippen LogP contribution in [0.2, 0.25) is 0 Å². The van der Waals surface area contributed by atoms with Crippen LogP contribution in [0.25, 0.3) is 0 Å². The van der Waals surface area contributed by atoms with E-state index in [0.717, 1.165) is 32.4 Å². The van der Waals surface area contributed by atoms with Gasteiger partial charge in [-0.1, -0.05) is 0 Å². The Morgan fingerprint density at radius 2 is 1.75 bits per heavy atom. The summed E-state index contributed by atoms with van der Waals surface area (Å²) in [5.41, 5.74) is 0. The molecule has 4 N–H and O–H groups in total. The minimum Gasteiger partial charge on any atom is -0.378 e. The van der Waals surface area contributed by atoms with Gasteiger partial charge in [0.1, 0.15) is 12.1 Å². The molecule has 4 heterocycles. The Balaban J connectivity index is 1.47. The summed E-state index contributed by atoms with van der Waals surface area (Å²) in [6.45, 7) is 5.34. The lowest BCUT2D eigenvalue weighted by molar-refractivity contribution is -0.664. The molecule has 0 aromatic rings. The number of nitrogens with zero attached hydrogens (tertiary/aromatic N) is 3. The first kappa shape index (κ1) is 22.8. The number of morpholine rings is 1. The fraction of sp³-hybridized carbons (Fsp3) is 0.810. The minimum atomic E-state index is -0.790. The highest BCUT2D eigenvalue weighted by atomic mass is 16.5. The van der Waals surface area contributed by atoms with Gasteiger partial charge in [-0.05, 0) is 12.8 Å². The highest BCUT2D eigenvalue weighted by Crippen LogP contribution is 2.20. The molecular weight excluding hydrogens is 416 g/mol. The molecule has 178 valence electrons. The fourth-order valence-electron chi connectivity index (χ4n) is 4.99. The summed E-state index contributed by atoms with van der Waals surface area (Å²) in [6, 6.07) is -1.51. The number of nitrogens with one attached hydrogen (secondary N) is 2. The number of quaternary nitrogens is 1. The molecule has 4 fully saturated rings. The van der Waals surface area contributed by atoms with Crippen LogP contribution in [0, 0.1) is 5.92 Å². The number of ether oxygens (including phenoxy) is 1. The van der Waals surface area contributed by atoms with Gasteiger partial charge >= 0.3 is 6.03 Å². The zero-order valence-corrected chi connectivity index (χ0v) is 18.6. The van der Waals surface area contributed by atoms with Crippen LogP contribution >= 0.6 is 0 Å². The third kappa shape index (κ3) is 5.15. The maximum atomic E-state index is 13.3. The molecule has 0 spiro atoms. The molecule has 11 nitrogen and oxygen atoms in total. The van der Waals surface area contributed by atoms with Gasteiger partial charge in [-0.15, -0.1) is 0 Å². The molecule has 0 aliphatic carbocycles. The largest absolute Gasteiger partial charge is 0.378 e. The van der Waals surface area contributed by atoms with E-state index in [1.165, 1.54) is 0 Å². The van der Waals surface area contributed by atoms with Gasteiger partial charge in [-0.3, -0.25) is 14.4 Å². The Bertz CT molecular complexity index is 721. The highest BCUT2D eigenvalue weighted by molar-refractivity contribution is 5.93. The number of hydrogen-bond donors (Lipinski definition) is 3. The summed E-state index contributed by atoms with van der Waals surface area (Å²) in [6.07, 6.45) is 2.97. The molecule has 0 saturated carbocycles. The van der Waals surface area contributed by atoms with Crippen LogP contribution in [0.4, 0.5) is 4.79 Å². The van der Waals surface area contributed by atoms with Crippen LogP contribution in [-0.4, -0.2) is 116 Å². The van der Waals surface area contributed by atoms with E-state index in [9.17, 15) is 19.2 Å². The number of urea groups is 1. The third-order valence-electron chi connectivity index (χ3n) is 6.91. The predicted octanol–water partition coefficient (Wildman–Crippen LogP) is -2.68. The van der Waals surface area contributed by atoms with Crippen molar-refractivity contribution < 1.29 is 29.2 Å². The van der Waals surface area contributed by atoms with Crippen LogP contribution in [-0.2, 0) is 19.1 Å². The van der Waals surface area contributed by atoms with Crippen molar-refractivity contribution in [2.45, 2.75) is 37.8 Å². The van der Waals surface area contributed by atoms with E-state index in [4.69, 9.17) is 4.74 Å². The Morgan fingerprint density at radius 3 is 2.47 bits per heavy atom. The second kappa shape index (κ2) is 10.5. The summed E-state index contributed by atoms with van der Waals surface area (Å²) in [7, 11) is 0. The van der Waals surface area contributed by atoms with Crippen molar-refractivity contribution >= 4 is 23.8 Å². The number of carbonyl (C=O) groups is 4. The molecule has 2 atom stereocenters. The third-order valence-corrected chi connectivity index (χ3v) is 6.91. The smallest absolute Gasteiger partial charge is 0.320 e. The Hall–Kier alpha value is -2.40. The molecule has 0 aromatic carbocycles. The first-order chi connectivity index (χ1) is 15.5. The number of hydrogen-bond acceptors (Lipinski definition) is 5. The van der Waals surface area contributed by atoms with Crippen molar-refractivity contribution in [3.05, 3.63) is 0 Å².